The van der Waals surface area contributed by atoms with E-state index < -0.39 is 0 Å². The molecule has 1 atom stereocenters. The van der Waals surface area contributed by atoms with Crippen LogP contribution in [0.25, 0.3) is 6.08 Å². The molecule has 2 aromatic rings. The fourth-order valence-corrected chi connectivity index (χ4v) is 5.29. The van der Waals surface area contributed by atoms with Crippen LogP contribution in [0.3, 0.4) is 0 Å². The van der Waals surface area contributed by atoms with E-state index in [1.165, 1.54) is 22.3 Å². The van der Waals surface area contributed by atoms with Crippen LogP contribution < -0.4 is 5.32 Å². The number of rotatable bonds is 6. The highest BCUT2D eigenvalue weighted by Crippen LogP contribution is 2.40. The maximum Gasteiger partial charge on any atom is 0.341 e. The Labute approximate surface area is 184 Å². The number of carbonyl (C=O) groups excluding carboxylic acids is 2. The standard InChI is InChI=1S/C22H23Cl2NO3S/c1-3-13-5-9-16-18(11-13)29-21(20(16)22(27)28-4-2)25-19(26)10-7-14-6-8-15(23)12-17(14)24/h6-8,10,12-13H,3-5,9,11H2,1-2H3,(H,25,26). The van der Waals surface area contributed by atoms with E-state index in [2.05, 4.69) is 12.2 Å². The lowest BCUT2D eigenvalue weighted by Gasteiger charge is -2.20. The van der Waals surface area contributed by atoms with E-state index >= 15 is 0 Å². The van der Waals surface area contributed by atoms with Gasteiger partial charge in [0.25, 0.3) is 0 Å². The summed E-state index contributed by atoms with van der Waals surface area (Å²) in [6.07, 6.45) is 6.96. The van der Waals surface area contributed by atoms with E-state index in [0.29, 0.717) is 38.7 Å². The van der Waals surface area contributed by atoms with Crippen molar-refractivity contribution in [3.8, 4) is 0 Å². The summed E-state index contributed by atoms with van der Waals surface area (Å²) in [4.78, 5) is 26.3. The summed E-state index contributed by atoms with van der Waals surface area (Å²) >= 11 is 13.5. The minimum atomic E-state index is -0.375. The number of esters is 1. The Bertz CT molecular complexity index is 952. The number of nitrogens with one attached hydrogen (secondary N) is 1. The molecule has 1 unspecified atom stereocenters. The maximum absolute atomic E-state index is 12.6. The highest BCUT2D eigenvalue weighted by atomic mass is 35.5. The van der Waals surface area contributed by atoms with Crippen molar-refractivity contribution in [2.24, 2.45) is 5.92 Å². The van der Waals surface area contributed by atoms with Crippen molar-refractivity contribution in [2.75, 3.05) is 11.9 Å². The van der Waals surface area contributed by atoms with Gasteiger partial charge in [-0.1, -0.05) is 42.6 Å². The van der Waals surface area contributed by atoms with Crippen LogP contribution in [0.5, 0.6) is 0 Å². The molecular formula is C22H23Cl2NO3S. The zero-order valence-corrected chi connectivity index (χ0v) is 18.7. The summed E-state index contributed by atoms with van der Waals surface area (Å²) in [5, 5.41) is 4.42. The molecule has 3 rings (SSSR count). The molecule has 154 valence electrons. The van der Waals surface area contributed by atoms with E-state index in [4.69, 9.17) is 27.9 Å². The predicted octanol–water partition coefficient (Wildman–Crippen LogP) is 6.40. The molecule has 0 saturated heterocycles. The third kappa shape index (κ3) is 5.21. The Morgan fingerprint density at radius 2 is 2.10 bits per heavy atom. The first-order valence-corrected chi connectivity index (χ1v) is 11.3. The number of anilines is 1. The topological polar surface area (TPSA) is 55.4 Å². The van der Waals surface area contributed by atoms with Gasteiger partial charge in [0, 0.05) is 21.0 Å². The van der Waals surface area contributed by atoms with Crippen molar-refractivity contribution in [3.63, 3.8) is 0 Å². The van der Waals surface area contributed by atoms with Crippen molar-refractivity contribution >= 4 is 57.5 Å². The van der Waals surface area contributed by atoms with Gasteiger partial charge in [-0.05, 0) is 61.4 Å². The Morgan fingerprint density at radius 3 is 2.79 bits per heavy atom. The fourth-order valence-electron chi connectivity index (χ4n) is 3.47. The first kappa shape index (κ1) is 21.9. The lowest BCUT2D eigenvalue weighted by atomic mass is 9.85. The Kier molecular flexibility index (Phi) is 7.38. The van der Waals surface area contributed by atoms with Gasteiger partial charge in [-0.15, -0.1) is 11.3 Å². The normalized spacial score (nSPS) is 15.9. The van der Waals surface area contributed by atoms with Crippen LogP contribution in [-0.2, 0) is 22.4 Å². The minimum absolute atomic E-state index is 0.295. The summed E-state index contributed by atoms with van der Waals surface area (Å²) in [5.41, 5.74) is 2.22. The summed E-state index contributed by atoms with van der Waals surface area (Å²) in [6.45, 7) is 4.26. The first-order chi connectivity index (χ1) is 13.9. The van der Waals surface area contributed by atoms with Crippen molar-refractivity contribution in [2.45, 2.75) is 39.5 Å². The number of hydrogen-bond acceptors (Lipinski definition) is 4. The zero-order valence-electron chi connectivity index (χ0n) is 16.4. The number of benzene rings is 1. The van der Waals surface area contributed by atoms with Crippen molar-refractivity contribution in [1.82, 2.24) is 0 Å². The fraction of sp³-hybridized carbons (Fsp3) is 0.364. The lowest BCUT2D eigenvalue weighted by Crippen LogP contribution is -2.16. The second kappa shape index (κ2) is 9.79. The van der Waals surface area contributed by atoms with E-state index in [-0.39, 0.29) is 11.9 Å². The van der Waals surface area contributed by atoms with E-state index in [0.717, 1.165) is 31.2 Å². The number of carbonyl (C=O) groups is 2. The summed E-state index contributed by atoms with van der Waals surface area (Å²) in [7, 11) is 0. The molecule has 0 spiro atoms. The number of halogens is 2. The summed E-state index contributed by atoms with van der Waals surface area (Å²) < 4.78 is 5.25. The van der Waals surface area contributed by atoms with Crippen LogP contribution in [-0.4, -0.2) is 18.5 Å². The van der Waals surface area contributed by atoms with Crippen LogP contribution in [0.2, 0.25) is 10.0 Å². The molecule has 1 aliphatic carbocycles. The number of fused-ring (bicyclic) bond motifs is 1. The van der Waals surface area contributed by atoms with Crippen LogP contribution in [0.1, 0.15) is 53.1 Å². The molecule has 1 aromatic carbocycles. The summed E-state index contributed by atoms with van der Waals surface area (Å²) in [6, 6.07) is 5.07. The van der Waals surface area contributed by atoms with Gasteiger partial charge in [0.2, 0.25) is 5.91 Å². The molecule has 1 aromatic heterocycles. The monoisotopic (exact) mass is 451 g/mol. The van der Waals surface area contributed by atoms with Crippen molar-refractivity contribution in [1.29, 1.82) is 0 Å². The first-order valence-electron chi connectivity index (χ1n) is 9.68. The van der Waals surface area contributed by atoms with Crippen molar-refractivity contribution in [3.05, 3.63) is 55.9 Å². The number of ether oxygens (including phenoxy) is 1. The number of hydrogen-bond donors (Lipinski definition) is 1. The number of thiophene rings is 1. The second-order valence-corrected chi connectivity index (χ2v) is 8.88. The molecule has 0 fully saturated rings. The van der Waals surface area contributed by atoms with Crippen LogP contribution >= 0.6 is 34.5 Å². The molecule has 4 nitrogen and oxygen atoms in total. The Hall–Kier alpha value is -1.82. The highest BCUT2D eigenvalue weighted by Gasteiger charge is 2.29. The smallest absolute Gasteiger partial charge is 0.341 e. The predicted molar refractivity (Wildman–Crippen MR) is 120 cm³/mol. The zero-order chi connectivity index (χ0) is 21.0. The third-order valence-corrected chi connectivity index (χ3v) is 6.77. The van der Waals surface area contributed by atoms with E-state index in [1.54, 1.807) is 31.2 Å². The molecule has 0 radical (unpaired) electrons. The van der Waals surface area contributed by atoms with E-state index in [9.17, 15) is 9.59 Å². The second-order valence-electron chi connectivity index (χ2n) is 6.93. The molecule has 0 bridgehead atoms. The van der Waals surface area contributed by atoms with Crippen LogP contribution in [0.4, 0.5) is 5.00 Å². The molecule has 0 aliphatic heterocycles. The van der Waals surface area contributed by atoms with Crippen LogP contribution in [0, 0.1) is 5.92 Å². The Balaban J connectivity index is 1.83. The molecule has 1 heterocycles. The van der Waals surface area contributed by atoms with Gasteiger partial charge < -0.3 is 10.1 Å². The third-order valence-electron chi connectivity index (χ3n) is 5.04. The largest absolute Gasteiger partial charge is 0.462 e. The van der Waals surface area contributed by atoms with Gasteiger partial charge in [-0.3, -0.25) is 4.79 Å². The highest BCUT2D eigenvalue weighted by molar-refractivity contribution is 7.17. The van der Waals surface area contributed by atoms with Gasteiger partial charge in [-0.2, -0.15) is 0 Å². The van der Waals surface area contributed by atoms with Gasteiger partial charge in [0.05, 0.1) is 12.2 Å². The molecule has 1 N–H and O–H groups in total. The Morgan fingerprint density at radius 1 is 1.31 bits per heavy atom. The maximum atomic E-state index is 12.6. The van der Waals surface area contributed by atoms with Crippen molar-refractivity contribution < 1.29 is 14.3 Å². The summed E-state index contributed by atoms with van der Waals surface area (Å²) in [5.74, 6) is -0.0844. The lowest BCUT2D eigenvalue weighted by molar-refractivity contribution is -0.111. The molecule has 1 amide bonds. The van der Waals surface area contributed by atoms with E-state index in [1.807, 2.05) is 0 Å². The van der Waals surface area contributed by atoms with Gasteiger partial charge in [0.15, 0.2) is 0 Å². The van der Waals surface area contributed by atoms with Gasteiger partial charge in [-0.25, -0.2) is 4.79 Å². The average Bonchev–Trinajstić information content (AvgIpc) is 3.04. The van der Waals surface area contributed by atoms with Crippen LogP contribution in [0.15, 0.2) is 24.3 Å². The molecule has 7 heteroatoms. The van der Waals surface area contributed by atoms with Gasteiger partial charge in [0.1, 0.15) is 5.00 Å². The van der Waals surface area contributed by atoms with Gasteiger partial charge >= 0.3 is 5.97 Å². The number of amides is 1. The quantitative estimate of drug-likeness (QED) is 0.408. The molecular weight excluding hydrogens is 429 g/mol. The molecule has 29 heavy (non-hydrogen) atoms. The molecule has 1 aliphatic rings. The average molecular weight is 452 g/mol. The molecule has 0 saturated carbocycles. The SMILES string of the molecule is CCOC(=O)c1c(NC(=O)C=Cc2ccc(Cl)cc2Cl)sc2c1CCC(CC)C2. The minimum Gasteiger partial charge on any atom is -0.462 e.